The maximum Gasteiger partial charge on any atom is 0.150 e. The zero-order chi connectivity index (χ0) is 13.2. The minimum Gasteiger partial charge on any atom is -0.372 e. The van der Waals surface area contributed by atoms with E-state index in [-0.39, 0.29) is 0 Å². The summed E-state index contributed by atoms with van der Waals surface area (Å²) >= 11 is 0. The molecule has 0 atom stereocenters. The third-order valence-corrected chi connectivity index (χ3v) is 4.11. The first-order chi connectivity index (χ1) is 8.50. The van der Waals surface area contributed by atoms with Crippen molar-refractivity contribution in [2.75, 3.05) is 18.0 Å². The molecule has 0 aliphatic carbocycles. The minimum atomic E-state index is 0.424. The lowest BCUT2D eigenvalue weighted by Gasteiger charge is -2.39. The van der Waals surface area contributed by atoms with E-state index in [1.165, 1.54) is 18.5 Å². The number of nitrogens with zero attached hydrogens (tertiary/aromatic N) is 1. The maximum atomic E-state index is 10.6. The van der Waals surface area contributed by atoms with Crippen molar-refractivity contribution in [2.45, 2.75) is 33.6 Å². The fraction of sp³-hybridized carbons (Fsp3) is 0.562. The molecule has 0 spiro atoms. The van der Waals surface area contributed by atoms with Gasteiger partial charge in [0.25, 0.3) is 0 Å². The lowest BCUT2D eigenvalue weighted by molar-refractivity contribution is 0.112. The Morgan fingerprint density at radius 3 is 2.11 bits per heavy atom. The van der Waals surface area contributed by atoms with Crippen LogP contribution < -0.4 is 4.90 Å². The normalized spacial score (nSPS) is 17.8. The largest absolute Gasteiger partial charge is 0.372 e. The molecule has 0 N–H and O–H groups in total. The molecule has 0 aromatic heterocycles. The number of rotatable bonds is 2. The van der Waals surface area contributed by atoms with Crippen molar-refractivity contribution in [2.24, 2.45) is 11.3 Å². The van der Waals surface area contributed by atoms with E-state index in [1.54, 1.807) is 0 Å². The van der Waals surface area contributed by atoms with Crippen molar-refractivity contribution >= 4 is 12.0 Å². The number of hydrogen-bond donors (Lipinski definition) is 0. The van der Waals surface area contributed by atoms with Crippen LogP contribution in [0.25, 0.3) is 0 Å². The van der Waals surface area contributed by atoms with Crippen LogP contribution in [0.5, 0.6) is 0 Å². The van der Waals surface area contributed by atoms with E-state index in [9.17, 15) is 4.79 Å². The minimum absolute atomic E-state index is 0.424. The SMILES string of the molecule is CC(C)(C)C1CCN(c2ccc(C=O)cc2)CC1. The van der Waals surface area contributed by atoms with E-state index in [0.29, 0.717) is 5.41 Å². The van der Waals surface area contributed by atoms with Crippen LogP contribution in [0, 0.1) is 11.3 Å². The van der Waals surface area contributed by atoms with E-state index in [1.807, 2.05) is 12.1 Å². The van der Waals surface area contributed by atoms with Crippen molar-refractivity contribution in [3.63, 3.8) is 0 Å². The Morgan fingerprint density at radius 1 is 1.11 bits per heavy atom. The second kappa shape index (κ2) is 5.13. The van der Waals surface area contributed by atoms with Crippen LogP contribution in [0.4, 0.5) is 5.69 Å². The molecule has 1 aromatic carbocycles. The van der Waals surface area contributed by atoms with E-state index >= 15 is 0 Å². The van der Waals surface area contributed by atoms with Crippen LogP contribution in [-0.4, -0.2) is 19.4 Å². The fourth-order valence-electron chi connectivity index (χ4n) is 2.77. The summed E-state index contributed by atoms with van der Waals surface area (Å²) in [7, 11) is 0. The number of piperidine rings is 1. The first-order valence-electron chi connectivity index (χ1n) is 6.81. The monoisotopic (exact) mass is 245 g/mol. The van der Waals surface area contributed by atoms with Gasteiger partial charge in [-0.25, -0.2) is 0 Å². The van der Waals surface area contributed by atoms with E-state index < -0.39 is 0 Å². The molecule has 1 aliphatic heterocycles. The Bertz CT molecular complexity index is 394. The van der Waals surface area contributed by atoms with Crippen molar-refractivity contribution in [3.05, 3.63) is 29.8 Å². The lowest BCUT2D eigenvalue weighted by Crippen LogP contribution is -2.37. The Balaban J connectivity index is 1.98. The molecular weight excluding hydrogens is 222 g/mol. The Hall–Kier alpha value is -1.31. The van der Waals surface area contributed by atoms with Crippen molar-refractivity contribution in [1.82, 2.24) is 0 Å². The van der Waals surface area contributed by atoms with Gasteiger partial charge in [0.15, 0.2) is 0 Å². The number of benzene rings is 1. The average Bonchev–Trinajstić information content (AvgIpc) is 2.38. The van der Waals surface area contributed by atoms with Crippen LogP contribution in [0.3, 0.4) is 0 Å². The molecule has 2 heteroatoms. The van der Waals surface area contributed by atoms with Crippen LogP contribution in [0.1, 0.15) is 44.0 Å². The van der Waals surface area contributed by atoms with E-state index in [0.717, 1.165) is 30.9 Å². The van der Waals surface area contributed by atoms with Gasteiger partial charge in [0.1, 0.15) is 6.29 Å². The smallest absolute Gasteiger partial charge is 0.150 e. The maximum absolute atomic E-state index is 10.6. The van der Waals surface area contributed by atoms with Crippen LogP contribution in [0.15, 0.2) is 24.3 Å². The first-order valence-corrected chi connectivity index (χ1v) is 6.81. The summed E-state index contributed by atoms with van der Waals surface area (Å²) in [5.41, 5.74) is 2.42. The molecule has 0 radical (unpaired) electrons. The fourth-order valence-corrected chi connectivity index (χ4v) is 2.77. The number of carbonyl (C=O) groups excluding carboxylic acids is 1. The highest BCUT2D eigenvalue weighted by atomic mass is 16.1. The number of anilines is 1. The Labute approximate surface area is 110 Å². The van der Waals surface area contributed by atoms with Gasteiger partial charge >= 0.3 is 0 Å². The molecule has 1 heterocycles. The van der Waals surface area contributed by atoms with Gasteiger partial charge in [0, 0.05) is 24.3 Å². The molecular formula is C16H23NO. The zero-order valence-corrected chi connectivity index (χ0v) is 11.6. The molecule has 1 aromatic rings. The number of carbonyl (C=O) groups is 1. The average molecular weight is 245 g/mol. The van der Waals surface area contributed by atoms with Crippen molar-refractivity contribution in [3.8, 4) is 0 Å². The molecule has 1 aliphatic rings. The quantitative estimate of drug-likeness (QED) is 0.739. The Morgan fingerprint density at radius 2 is 1.67 bits per heavy atom. The van der Waals surface area contributed by atoms with Gasteiger partial charge in [0.05, 0.1) is 0 Å². The first kappa shape index (κ1) is 13.1. The lowest BCUT2D eigenvalue weighted by atomic mass is 9.75. The molecule has 0 amide bonds. The summed E-state index contributed by atoms with van der Waals surface area (Å²) < 4.78 is 0. The van der Waals surface area contributed by atoms with Crippen molar-refractivity contribution in [1.29, 1.82) is 0 Å². The summed E-state index contributed by atoms with van der Waals surface area (Å²) in [4.78, 5) is 13.1. The summed E-state index contributed by atoms with van der Waals surface area (Å²) in [6.45, 7) is 9.27. The van der Waals surface area contributed by atoms with Gasteiger partial charge < -0.3 is 4.90 Å². The summed E-state index contributed by atoms with van der Waals surface area (Å²) in [5, 5.41) is 0. The third kappa shape index (κ3) is 2.92. The number of hydrogen-bond acceptors (Lipinski definition) is 2. The molecule has 0 saturated carbocycles. The second-order valence-corrected chi connectivity index (χ2v) is 6.34. The van der Waals surface area contributed by atoms with Crippen LogP contribution in [0.2, 0.25) is 0 Å². The Kier molecular flexibility index (Phi) is 3.74. The highest BCUT2D eigenvalue weighted by Gasteiger charge is 2.28. The molecule has 0 bridgehead atoms. The predicted octanol–water partition coefficient (Wildman–Crippen LogP) is 3.76. The van der Waals surface area contributed by atoms with Gasteiger partial charge in [-0.2, -0.15) is 0 Å². The summed E-state index contributed by atoms with van der Waals surface area (Å²) in [6.07, 6.45) is 3.42. The van der Waals surface area contributed by atoms with E-state index in [4.69, 9.17) is 0 Å². The number of aldehydes is 1. The molecule has 98 valence electrons. The zero-order valence-electron chi connectivity index (χ0n) is 11.6. The molecule has 1 saturated heterocycles. The summed E-state index contributed by atoms with van der Waals surface area (Å²) in [6, 6.07) is 7.92. The van der Waals surface area contributed by atoms with Crippen LogP contribution in [-0.2, 0) is 0 Å². The van der Waals surface area contributed by atoms with E-state index in [2.05, 4.69) is 37.8 Å². The molecule has 18 heavy (non-hydrogen) atoms. The van der Waals surface area contributed by atoms with Gasteiger partial charge in [-0.15, -0.1) is 0 Å². The highest BCUT2D eigenvalue weighted by Crippen LogP contribution is 2.35. The third-order valence-electron chi connectivity index (χ3n) is 4.11. The highest BCUT2D eigenvalue weighted by molar-refractivity contribution is 5.75. The molecule has 0 unspecified atom stereocenters. The molecule has 2 nitrogen and oxygen atoms in total. The predicted molar refractivity (Wildman–Crippen MR) is 76.2 cm³/mol. The van der Waals surface area contributed by atoms with Gasteiger partial charge in [-0.3, -0.25) is 4.79 Å². The molecule has 2 rings (SSSR count). The van der Waals surface area contributed by atoms with Crippen molar-refractivity contribution < 1.29 is 4.79 Å². The van der Waals surface area contributed by atoms with Crippen LogP contribution >= 0.6 is 0 Å². The second-order valence-electron chi connectivity index (χ2n) is 6.34. The van der Waals surface area contributed by atoms with Gasteiger partial charge in [-0.05, 0) is 48.4 Å². The topological polar surface area (TPSA) is 20.3 Å². The molecule has 1 fully saturated rings. The summed E-state index contributed by atoms with van der Waals surface area (Å²) in [5.74, 6) is 0.822. The van der Waals surface area contributed by atoms with Gasteiger partial charge in [0.2, 0.25) is 0 Å². The van der Waals surface area contributed by atoms with Gasteiger partial charge in [-0.1, -0.05) is 20.8 Å². The standard InChI is InChI=1S/C16H23NO/c1-16(2,3)14-8-10-17(11-9-14)15-6-4-13(12-18)5-7-15/h4-7,12,14H,8-11H2,1-3H3.